The van der Waals surface area contributed by atoms with Crippen molar-refractivity contribution in [2.45, 2.75) is 135 Å². The van der Waals surface area contributed by atoms with E-state index < -0.39 is 23.9 Å². The minimum Gasteiger partial charge on any atom is -0.465 e. The van der Waals surface area contributed by atoms with Gasteiger partial charge in [-0.3, -0.25) is 14.4 Å². The van der Waals surface area contributed by atoms with Crippen molar-refractivity contribution in [2.24, 2.45) is 5.73 Å². The van der Waals surface area contributed by atoms with Crippen LogP contribution in [0.25, 0.3) is 0 Å². The summed E-state index contributed by atoms with van der Waals surface area (Å²) in [5.74, 6) is -1.84. The maximum absolute atomic E-state index is 11.8. The van der Waals surface area contributed by atoms with E-state index in [1.807, 2.05) is 0 Å². The summed E-state index contributed by atoms with van der Waals surface area (Å²) in [6.45, 7) is 3.78. The molecule has 0 rings (SSSR count). The Bertz CT molecular complexity index is 467. The van der Waals surface area contributed by atoms with Crippen LogP contribution in [0.4, 0.5) is 0 Å². The van der Waals surface area contributed by atoms with Gasteiger partial charge < -0.3 is 15.2 Å². The lowest BCUT2D eigenvalue weighted by atomic mass is 10.0. The molecule has 6 nitrogen and oxygen atoms in total. The Morgan fingerprint density at radius 1 is 0.710 bits per heavy atom. The average Bonchev–Trinajstić information content (AvgIpc) is 2.73. The molecule has 0 amide bonds. The van der Waals surface area contributed by atoms with Crippen molar-refractivity contribution in [2.75, 3.05) is 6.61 Å². The zero-order chi connectivity index (χ0) is 23.2. The maximum Gasteiger partial charge on any atom is 0.322 e. The first-order valence-electron chi connectivity index (χ1n) is 12.6. The molecular weight excluding hydrogens is 394 g/mol. The lowest BCUT2D eigenvalue weighted by Crippen LogP contribution is -2.33. The normalized spacial score (nSPS) is 11.8. The van der Waals surface area contributed by atoms with Gasteiger partial charge in [0.05, 0.1) is 6.61 Å². The van der Waals surface area contributed by atoms with Crippen molar-refractivity contribution in [3.63, 3.8) is 0 Å². The van der Waals surface area contributed by atoms with Crippen molar-refractivity contribution in [3.8, 4) is 0 Å². The SMILES string of the molecule is CCCCCCCCCCCCCCCCCCOC(=O)C(N)CCC(=O)OC(C)=O. The third-order valence-corrected chi connectivity index (χ3v) is 5.46. The zero-order valence-corrected chi connectivity index (χ0v) is 20.1. The first-order chi connectivity index (χ1) is 15.0. The summed E-state index contributed by atoms with van der Waals surface area (Å²) in [6, 6.07) is -0.861. The molecule has 0 aromatic heterocycles. The molecule has 31 heavy (non-hydrogen) atoms. The maximum atomic E-state index is 11.8. The van der Waals surface area contributed by atoms with E-state index in [1.54, 1.807) is 0 Å². The van der Waals surface area contributed by atoms with Crippen molar-refractivity contribution in [1.29, 1.82) is 0 Å². The standard InChI is InChI=1S/C25H47NO5/c1-3-4-5-6-7-8-9-10-11-12-13-14-15-16-17-18-21-30-25(29)23(26)19-20-24(28)31-22(2)27/h23H,3-21,26H2,1-2H3. The van der Waals surface area contributed by atoms with Crippen LogP contribution in [0.5, 0.6) is 0 Å². The van der Waals surface area contributed by atoms with Crippen molar-refractivity contribution in [1.82, 2.24) is 0 Å². The smallest absolute Gasteiger partial charge is 0.322 e. The minimum absolute atomic E-state index is 0.0745. The molecule has 0 spiro atoms. The molecule has 0 aliphatic heterocycles. The van der Waals surface area contributed by atoms with Gasteiger partial charge in [-0.1, -0.05) is 103 Å². The summed E-state index contributed by atoms with van der Waals surface area (Å²) in [5.41, 5.74) is 5.70. The molecule has 0 heterocycles. The predicted octanol–water partition coefficient (Wildman–Crippen LogP) is 5.99. The molecule has 0 aliphatic carbocycles. The molecule has 182 valence electrons. The predicted molar refractivity (Wildman–Crippen MR) is 124 cm³/mol. The number of ether oxygens (including phenoxy) is 2. The number of hydrogen-bond donors (Lipinski definition) is 1. The molecule has 6 heteroatoms. The fourth-order valence-electron chi connectivity index (χ4n) is 3.53. The zero-order valence-electron chi connectivity index (χ0n) is 20.1. The van der Waals surface area contributed by atoms with Crippen LogP contribution < -0.4 is 5.73 Å². The molecule has 0 aromatic rings. The average molecular weight is 442 g/mol. The Labute approximate surface area is 190 Å². The Hall–Kier alpha value is -1.43. The second-order valence-corrected chi connectivity index (χ2v) is 8.58. The van der Waals surface area contributed by atoms with E-state index in [2.05, 4.69) is 11.7 Å². The third-order valence-electron chi connectivity index (χ3n) is 5.46. The number of hydrogen-bond acceptors (Lipinski definition) is 6. The monoisotopic (exact) mass is 441 g/mol. The van der Waals surface area contributed by atoms with Gasteiger partial charge in [-0.2, -0.15) is 0 Å². The Balaban J connectivity index is 3.34. The van der Waals surface area contributed by atoms with Crippen LogP contribution in [0.15, 0.2) is 0 Å². The van der Waals surface area contributed by atoms with Crippen LogP contribution in [0.2, 0.25) is 0 Å². The molecule has 1 unspecified atom stereocenters. The molecule has 0 fully saturated rings. The molecule has 0 aromatic carbocycles. The fraction of sp³-hybridized carbons (Fsp3) is 0.880. The van der Waals surface area contributed by atoms with Gasteiger partial charge in [0.15, 0.2) is 0 Å². The number of unbranched alkanes of at least 4 members (excludes halogenated alkanes) is 15. The molecule has 2 N–H and O–H groups in total. The van der Waals surface area contributed by atoms with Crippen LogP contribution in [-0.2, 0) is 23.9 Å². The van der Waals surface area contributed by atoms with Gasteiger partial charge in [-0.05, 0) is 12.8 Å². The van der Waals surface area contributed by atoms with Crippen molar-refractivity contribution >= 4 is 17.9 Å². The second-order valence-electron chi connectivity index (χ2n) is 8.58. The summed E-state index contributed by atoms with van der Waals surface area (Å²) in [5, 5.41) is 0. The molecule has 0 radical (unpaired) electrons. The fourth-order valence-corrected chi connectivity index (χ4v) is 3.53. The highest BCUT2D eigenvalue weighted by Crippen LogP contribution is 2.13. The molecular formula is C25H47NO5. The number of nitrogens with two attached hydrogens (primary N) is 1. The molecule has 0 saturated carbocycles. The van der Waals surface area contributed by atoms with E-state index in [-0.39, 0.29) is 12.8 Å². The number of rotatable bonds is 21. The van der Waals surface area contributed by atoms with Crippen molar-refractivity contribution < 1.29 is 23.9 Å². The highest BCUT2D eigenvalue weighted by Gasteiger charge is 2.17. The van der Waals surface area contributed by atoms with Gasteiger partial charge in [-0.25, -0.2) is 0 Å². The van der Waals surface area contributed by atoms with Gasteiger partial charge in [-0.15, -0.1) is 0 Å². The van der Waals surface area contributed by atoms with E-state index in [4.69, 9.17) is 10.5 Å². The molecule has 0 bridgehead atoms. The van der Waals surface area contributed by atoms with E-state index in [0.717, 1.165) is 26.2 Å². The summed E-state index contributed by atoms with van der Waals surface area (Å²) in [7, 11) is 0. The number of carbonyl (C=O) groups excluding carboxylic acids is 3. The second kappa shape index (κ2) is 21.8. The van der Waals surface area contributed by atoms with Crippen LogP contribution >= 0.6 is 0 Å². The number of esters is 3. The Kier molecular flexibility index (Phi) is 20.8. The van der Waals surface area contributed by atoms with Gasteiger partial charge >= 0.3 is 17.9 Å². The highest BCUT2D eigenvalue weighted by atomic mass is 16.6. The lowest BCUT2D eigenvalue weighted by molar-refractivity contribution is -0.158. The first kappa shape index (κ1) is 29.6. The topological polar surface area (TPSA) is 95.7 Å². The van der Waals surface area contributed by atoms with Crippen LogP contribution in [0.1, 0.15) is 129 Å². The minimum atomic E-state index is -0.861. The van der Waals surface area contributed by atoms with Crippen molar-refractivity contribution in [3.05, 3.63) is 0 Å². The highest BCUT2D eigenvalue weighted by molar-refractivity contribution is 5.84. The van der Waals surface area contributed by atoms with Gasteiger partial charge in [0, 0.05) is 13.3 Å². The molecule has 0 aliphatic rings. The Morgan fingerprint density at radius 3 is 1.55 bits per heavy atom. The van der Waals surface area contributed by atoms with E-state index >= 15 is 0 Å². The van der Waals surface area contributed by atoms with Gasteiger partial charge in [0.1, 0.15) is 6.04 Å². The Morgan fingerprint density at radius 2 is 1.13 bits per heavy atom. The van der Waals surface area contributed by atoms with E-state index in [1.165, 1.54) is 83.5 Å². The first-order valence-corrected chi connectivity index (χ1v) is 12.6. The van der Waals surface area contributed by atoms with Crippen LogP contribution in [0, 0.1) is 0 Å². The largest absolute Gasteiger partial charge is 0.465 e. The van der Waals surface area contributed by atoms with E-state index in [9.17, 15) is 14.4 Å². The molecule has 1 atom stereocenters. The molecule has 0 saturated heterocycles. The number of carbonyl (C=O) groups is 3. The third kappa shape index (κ3) is 21.6. The van der Waals surface area contributed by atoms with Crippen LogP contribution in [-0.4, -0.2) is 30.6 Å². The summed E-state index contributed by atoms with van der Waals surface area (Å²) in [4.78, 5) is 33.7. The van der Waals surface area contributed by atoms with Gasteiger partial charge in [0.2, 0.25) is 0 Å². The summed E-state index contributed by atoms with van der Waals surface area (Å²) < 4.78 is 9.55. The van der Waals surface area contributed by atoms with Crippen LogP contribution in [0.3, 0.4) is 0 Å². The van der Waals surface area contributed by atoms with E-state index in [0.29, 0.717) is 6.61 Å². The quantitative estimate of drug-likeness (QED) is 0.134. The summed E-state index contributed by atoms with van der Waals surface area (Å²) in [6.07, 6.45) is 20.8. The van der Waals surface area contributed by atoms with Gasteiger partial charge in [0.25, 0.3) is 0 Å². The summed E-state index contributed by atoms with van der Waals surface area (Å²) >= 11 is 0. The lowest BCUT2D eigenvalue weighted by Gasteiger charge is -2.11.